The van der Waals surface area contributed by atoms with Crippen molar-refractivity contribution in [3.63, 3.8) is 0 Å². The number of nitrogens with one attached hydrogen (secondary N) is 2. The fourth-order valence-corrected chi connectivity index (χ4v) is 1.50. The van der Waals surface area contributed by atoms with Crippen LogP contribution >= 0.6 is 0 Å². The fourth-order valence-electron chi connectivity index (χ4n) is 1.50. The largest absolute Gasteiger partial charge is 0.416 e. The summed E-state index contributed by atoms with van der Waals surface area (Å²) in [7, 11) is 0. The minimum absolute atomic E-state index is 0.152. The number of pyridine rings is 1. The molecule has 0 saturated carbocycles. The van der Waals surface area contributed by atoms with Gasteiger partial charge in [-0.1, -0.05) is 0 Å². The van der Waals surface area contributed by atoms with Gasteiger partial charge in [0.2, 0.25) is 0 Å². The molecule has 0 amide bonds. The highest BCUT2D eigenvalue weighted by Gasteiger charge is 2.31. The Hall–Kier alpha value is -2.35. The maximum Gasteiger partial charge on any atom is 0.416 e. The number of hydrogen-bond donors (Lipinski definition) is 3. The van der Waals surface area contributed by atoms with Gasteiger partial charge in [-0.3, -0.25) is 10.7 Å². The van der Waals surface area contributed by atoms with Gasteiger partial charge in [0.25, 0.3) is 0 Å². The van der Waals surface area contributed by atoms with E-state index in [-0.39, 0.29) is 11.5 Å². The highest BCUT2D eigenvalue weighted by molar-refractivity contribution is 5.61. The van der Waals surface area contributed by atoms with Gasteiger partial charge < -0.3 is 5.32 Å². The summed E-state index contributed by atoms with van der Waals surface area (Å²) in [6.45, 7) is 0. The van der Waals surface area contributed by atoms with Gasteiger partial charge in [0, 0.05) is 12.3 Å². The van der Waals surface area contributed by atoms with E-state index in [1.165, 1.54) is 18.3 Å². The van der Waals surface area contributed by atoms with Gasteiger partial charge in [-0.25, -0.2) is 9.37 Å². The van der Waals surface area contributed by atoms with E-state index in [9.17, 15) is 17.6 Å². The van der Waals surface area contributed by atoms with Crippen LogP contribution in [0.25, 0.3) is 0 Å². The third-order valence-corrected chi connectivity index (χ3v) is 2.45. The second-order valence-corrected chi connectivity index (χ2v) is 3.86. The molecule has 0 bridgehead atoms. The molecule has 0 aliphatic heterocycles. The molecule has 0 aliphatic rings. The SMILES string of the molecule is ONc1ccnc(Nc2ccc(C(F)(F)F)cc2F)c1. The Labute approximate surface area is 111 Å². The first-order valence-corrected chi connectivity index (χ1v) is 5.40. The fraction of sp³-hybridized carbons (Fsp3) is 0.0833. The van der Waals surface area contributed by atoms with Crippen LogP contribution < -0.4 is 10.8 Å². The molecule has 20 heavy (non-hydrogen) atoms. The van der Waals surface area contributed by atoms with Crippen LogP contribution in [-0.4, -0.2) is 10.2 Å². The lowest BCUT2D eigenvalue weighted by Gasteiger charge is -2.11. The molecule has 0 atom stereocenters. The zero-order chi connectivity index (χ0) is 14.8. The minimum atomic E-state index is -4.60. The Kier molecular flexibility index (Phi) is 3.75. The van der Waals surface area contributed by atoms with Crippen molar-refractivity contribution in [2.75, 3.05) is 10.8 Å². The van der Waals surface area contributed by atoms with Crippen LogP contribution in [0.15, 0.2) is 36.5 Å². The van der Waals surface area contributed by atoms with Crippen molar-refractivity contribution in [3.8, 4) is 0 Å². The predicted octanol–water partition coefficient (Wildman–Crippen LogP) is 3.78. The van der Waals surface area contributed by atoms with E-state index in [1.807, 2.05) is 5.48 Å². The molecule has 0 unspecified atom stereocenters. The Morgan fingerprint density at radius 2 is 1.85 bits per heavy atom. The van der Waals surface area contributed by atoms with Crippen molar-refractivity contribution in [2.24, 2.45) is 0 Å². The van der Waals surface area contributed by atoms with E-state index >= 15 is 0 Å². The third kappa shape index (κ3) is 3.15. The van der Waals surface area contributed by atoms with Gasteiger partial charge in [-0.15, -0.1) is 0 Å². The standard InChI is InChI=1S/C12H9F4N3O/c13-9-5-7(12(14,15)16)1-2-10(9)18-11-6-8(19-20)3-4-17-11/h1-6,20H,(H2,17,18,19). The zero-order valence-electron chi connectivity index (χ0n) is 9.87. The van der Waals surface area contributed by atoms with E-state index in [0.29, 0.717) is 11.8 Å². The second-order valence-electron chi connectivity index (χ2n) is 3.86. The number of hydrogen-bond acceptors (Lipinski definition) is 4. The molecule has 106 valence electrons. The molecular formula is C12H9F4N3O. The van der Waals surface area contributed by atoms with Crippen LogP contribution in [0.3, 0.4) is 0 Å². The van der Waals surface area contributed by atoms with E-state index < -0.39 is 17.6 Å². The summed E-state index contributed by atoms with van der Waals surface area (Å²) >= 11 is 0. The normalized spacial score (nSPS) is 11.2. The van der Waals surface area contributed by atoms with Gasteiger partial charge in [0.15, 0.2) is 0 Å². The van der Waals surface area contributed by atoms with E-state index in [1.54, 1.807) is 0 Å². The summed E-state index contributed by atoms with van der Waals surface area (Å²) in [5, 5.41) is 11.2. The summed E-state index contributed by atoms with van der Waals surface area (Å²) in [5.74, 6) is -0.883. The van der Waals surface area contributed by atoms with Crippen molar-refractivity contribution in [1.29, 1.82) is 0 Å². The summed E-state index contributed by atoms with van der Waals surface area (Å²) in [5.41, 5.74) is 0.953. The lowest BCUT2D eigenvalue weighted by Crippen LogP contribution is -2.06. The maximum atomic E-state index is 13.6. The first-order valence-electron chi connectivity index (χ1n) is 5.40. The van der Waals surface area contributed by atoms with Crippen LogP contribution in [0.2, 0.25) is 0 Å². The highest BCUT2D eigenvalue weighted by atomic mass is 19.4. The van der Waals surface area contributed by atoms with Crippen LogP contribution in [0.1, 0.15) is 5.56 Å². The predicted molar refractivity (Wildman–Crippen MR) is 64.3 cm³/mol. The quantitative estimate of drug-likeness (QED) is 0.594. The highest BCUT2D eigenvalue weighted by Crippen LogP contribution is 2.32. The molecule has 0 saturated heterocycles. The van der Waals surface area contributed by atoms with Gasteiger partial charge in [0.05, 0.1) is 16.9 Å². The lowest BCUT2D eigenvalue weighted by molar-refractivity contribution is -0.137. The minimum Gasteiger partial charge on any atom is -0.338 e. The van der Waals surface area contributed by atoms with Crippen LogP contribution in [0.4, 0.5) is 34.8 Å². The van der Waals surface area contributed by atoms with Gasteiger partial charge in [-0.05, 0) is 24.3 Å². The molecule has 3 N–H and O–H groups in total. The smallest absolute Gasteiger partial charge is 0.338 e. The Morgan fingerprint density at radius 1 is 1.10 bits per heavy atom. The number of rotatable bonds is 3. The third-order valence-electron chi connectivity index (χ3n) is 2.45. The van der Waals surface area contributed by atoms with E-state index in [4.69, 9.17) is 5.21 Å². The second kappa shape index (κ2) is 5.33. The number of alkyl halides is 3. The molecule has 1 heterocycles. The van der Waals surface area contributed by atoms with Crippen molar-refractivity contribution in [3.05, 3.63) is 47.9 Å². The van der Waals surface area contributed by atoms with Crippen molar-refractivity contribution < 1.29 is 22.8 Å². The molecule has 0 fully saturated rings. The van der Waals surface area contributed by atoms with Gasteiger partial charge >= 0.3 is 6.18 Å². The molecule has 0 radical (unpaired) electrons. The van der Waals surface area contributed by atoms with Crippen molar-refractivity contribution in [1.82, 2.24) is 4.98 Å². The van der Waals surface area contributed by atoms with Crippen LogP contribution in [-0.2, 0) is 6.18 Å². The molecular weight excluding hydrogens is 278 g/mol. The van der Waals surface area contributed by atoms with Crippen LogP contribution in [0.5, 0.6) is 0 Å². The molecule has 2 rings (SSSR count). The average molecular weight is 287 g/mol. The molecule has 1 aromatic carbocycles. The number of benzene rings is 1. The van der Waals surface area contributed by atoms with E-state index in [2.05, 4.69) is 10.3 Å². The Bertz CT molecular complexity index is 616. The Morgan fingerprint density at radius 3 is 2.45 bits per heavy atom. The van der Waals surface area contributed by atoms with Crippen LogP contribution in [0, 0.1) is 5.82 Å². The number of halogens is 4. The van der Waals surface area contributed by atoms with E-state index in [0.717, 1.165) is 12.1 Å². The van der Waals surface area contributed by atoms with Crippen molar-refractivity contribution in [2.45, 2.75) is 6.18 Å². The summed E-state index contributed by atoms with van der Waals surface area (Å²) < 4.78 is 50.8. The number of aromatic nitrogens is 1. The molecule has 2 aromatic rings. The summed E-state index contributed by atoms with van der Waals surface area (Å²) in [6.07, 6.45) is -3.26. The molecule has 8 heteroatoms. The zero-order valence-corrected chi connectivity index (χ0v) is 9.87. The average Bonchev–Trinajstić information content (AvgIpc) is 2.40. The number of nitrogens with zero attached hydrogens (tertiary/aromatic N) is 1. The molecule has 1 aromatic heterocycles. The molecule has 0 aliphatic carbocycles. The summed E-state index contributed by atoms with van der Waals surface area (Å²) in [4.78, 5) is 3.84. The topological polar surface area (TPSA) is 57.2 Å². The first kappa shape index (κ1) is 14.1. The first-order chi connectivity index (χ1) is 9.40. The monoisotopic (exact) mass is 287 g/mol. The number of anilines is 3. The van der Waals surface area contributed by atoms with Gasteiger partial charge in [0.1, 0.15) is 11.6 Å². The van der Waals surface area contributed by atoms with Crippen molar-refractivity contribution >= 4 is 17.2 Å². The Balaban J connectivity index is 2.25. The van der Waals surface area contributed by atoms with Gasteiger partial charge in [-0.2, -0.15) is 13.2 Å². The summed E-state index contributed by atoms with van der Waals surface area (Å²) in [6, 6.07) is 4.94. The molecule has 4 nitrogen and oxygen atoms in total. The lowest BCUT2D eigenvalue weighted by atomic mass is 10.2. The molecule has 0 spiro atoms. The maximum absolute atomic E-state index is 13.6.